The van der Waals surface area contributed by atoms with Crippen molar-refractivity contribution < 1.29 is 27.5 Å². The molecule has 1 amide bonds. The van der Waals surface area contributed by atoms with Gasteiger partial charge in [-0.3, -0.25) is 4.79 Å². The molecule has 2 fully saturated rings. The lowest BCUT2D eigenvalue weighted by molar-refractivity contribution is -0.160. The largest absolute Gasteiger partial charge is 0.454 e. The summed E-state index contributed by atoms with van der Waals surface area (Å²) in [7, 11) is -3.60. The summed E-state index contributed by atoms with van der Waals surface area (Å²) < 4.78 is 37.5. The number of sulfonamides is 1. The zero-order valence-corrected chi connectivity index (χ0v) is 17.0. The van der Waals surface area contributed by atoms with E-state index in [1.54, 1.807) is 19.1 Å². The second-order valence-electron chi connectivity index (χ2n) is 7.16. The first-order valence-electron chi connectivity index (χ1n) is 9.42. The molecule has 2 aliphatic rings. The quantitative estimate of drug-likeness (QED) is 0.669. The van der Waals surface area contributed by atoms with Crippen LogP contribution in [0.4, 0.5) is 0 Å². The molecule has 2 saturated heterocycles. The monoisotopic (exact) mass is 410 g/mol. The maximum absolute atomic E-state index is 12.9. The predicted molar refractivity (Wildman–Crippen MR) is 101 cm³/mol. The van der Waals surface area contributed by atoms with Gasteiger partial charge < -0.3 is 14.4 Å². The average molecular weight is 410 g/mol. The Morgan fingerprint density at radius 2 is 1.89 bits per heavy atom. The molecule has 1 aromatic carbocycles. The summed E-state index contributed by atoms with van der Waals surface area (Å²) in [6.07, 6.45) is 0.847. The molecule has 0 spiro atoms. The molecule has 2 heterocycles. The Morgan fingerprint density at radius 1 is 1.18 bits per heavy atom. The molecule has 2 aliphatic heterocycles. The number of hydrogen-bond acceptors (Lipinski definition) is 6. The van der Waals surface area contributed by atoms with E-state index in [0.29, 0.717) is 23.5 Å². The fourth-order valence-electron chi connectivity index (χ4n) is 3.49. The van der Waals surface area contributed by atoms with Gasteiger partial charge in [-0.05, 0) is 38.3 Å². The van der Waals surface area contributed by atoms with Crippen LogP contribution in [0.2, 0.25) is 0 Å². The van der Waals surface area contributed by atoms with Crippen molar-refractivity contribution in [3.8, 4) is 0 Å². The molecule has 154 valence electrons. The molecular formula is C19H26N2O6S. The van der Waals surface area contributed by atoms with Crippen LogP contribution in [0.15, 0.2) is 23.1 Å². The number of ether oxygens (including phenoxy) is 2. The summed E-state index contributed by atoms with van der Waals surface area (Å²) >= 11 is 0. The second kappa shape index (κ2) is 8.59. The Morgan fingerprint density at radius 3 is 2.50 bits per heavy atom. The number of nitrogens with zero attached hydrogens (tertiary/aromatic N) is 2. The molecule has 0 aromatic heterocycles. The van der Waals surface area contributed by atoms with E-state index in [1.807, 2.05) is 13.0 Å². The highest BCUT2D eigenvalue weighted by Crippen LogP contribution is 2.22. The van der Waals surface area contributed by atoms with Crippen LogP contribution >= 0.6 is 0 Å². The van der Waals surface area contributed by atoms with Crippen LogP contribution in [0.5, 0.6) is 0 Å². The minimum absolute atomic E-state index is 0.209. The highest BCUT2D eigenvalue weighted by Gasteiger charge is 2.32. The van der Waals surface area contributed by atoms with E-state index in [9.17, 15) is 18.0 Å². The third-order valence-corrected chi connectivity index (χ3v) is 7.13. The summed E-state index contributed by atoms with van der Waals surface area (Å²) in [5.41, 5.74) is 1.71. The molecule has 9 heteroatoms. The molecule has 0 saturated carbocycles. The summed E-state index contributed by atoms with van der Waals surface area (Å²) in [6.45, 7) is 4.83. The Hall–Kier alpha value is -1.97. The van der Waals surface area contributed by atoms with Crippen molar-refractivity contribution >= 4 is 21.9 Å². The van der Waals surface area contributed by atoms with Gasteiger partial charge in [0.1, 0.15) is 0 Å². The summed E-state index contributed by atoms with van der Waals surface area (Å²) in [4.78, 5) is 25.9. The first kappa shape index (κ1) is 20.8. The smallest absolute Gasteiger partial charge is 0.335 e. The van der Waals surface area contributed by atoms with Crippen LogP contribution in [0.25, 0.3) is 0 Å². The highest BCUT2D eigenvalue weighted by atomic mass is 32.2. The van der Waals surface area contributed by atoms with Crippen molar-refractivity contribution in [1.82, 2.24) is 9.21 Å². The predicted octanol–water partition coefficient (Wildman–Crippen LogP) is 0.859. The number of carbonyl (C=O) groups excluding carboxylic acids is 2. The van der Waals surface area contributed by atoms with Crippen molar-refractivity contribution in [3.63, 3.8) is 0 Å². The van der Waals surface area contributed by atoms with Crippen LogP contribution in [-0.2, 0) is 29.1 Å². The van der Waals surface area contributed by atoms with Crippen LogP contribution < -0.4 is 0 Å². The number of rotatable bonds is 5. The molecule has 1 aromatic rings. The van der Waals surface area contributed by atoms with Crippen LogP contribution in [-0.4, -0.2) is 75.0 Å². The van der Waals surface area contributed by atoms with Gasteiger partial charge in [0, 0.05) is 32.8 Å². The zero-order valence-electron chi connectivity index (χ0n) is 16.2. The molecule has 28 heavy (non-hydrogen) atoms. The third-order valence-electron chi connectivity index (χ3n) is 5.07. The fourth-order valence-corrected chi connectivity index (χ4v) is 5.11. The molecular weight excluding hydrogens is 384 g/mol. The topological polar surface area (TPSA) is 93.2 Å². The van der Waals surface area contributed by atoms with E-state index in [2.05, 4.69) is 0 Å². The molecule has 3 rings (SSSR count). The van der Waals surface area contributed by atoms with E-state index in [1.165, 1.54) is 9.21 Å². The number of carbonyl (C=O) groups is 2. The average Bonchev–Trinajstić information content (AvgIpc) is 3.20. The van der Waals surface area contributed by atoms with Crippen LogP contribution in [0, 0.1) is 13.8 Å². The lowest BCUT2D eigenvalue weighted by Gasteiger charge is -2.34. The van der Waals surface area contributed by atoms with Crippen molar-refractivity contribution in [2.24, 2.45) is 0 Å². The van der Waals surface area contributed by atoms with E-state index in [4.69, 9.17) is 9.47 Å². The lowest BCUT2D eigenvalue weighted by atomic mass is 10.2. The number of hydrogen-bond donors (Lipinski definition) is 0. The number of aryl methyl sites for hydroxylation is 2. The normalized spacial score (nSPS) is 20.9. The van der Waals surface area contributed by atoms with E-state index < -0.39 is 22.1 Å². The standard InChI is InChI=1S/C19H26N2O6S/c1-14-5-6-17(15(2)12-14)28(24,25)21-9-7-20(8-10-21)18(22)13-27-19(23)16-4-3-11-26-16/h5-6,12,16H,3-4,7-11,13H2,1-2H3/t16-/m1/s1. The maximum Gasteiger partial charge on any atom is 0.335 e. The van der Waals surface area contributed by atoms with Gasteiger partial charge in [0.05, 0.1) is 4.90 Å². The van der Waals surface area contributed by atoms with E-state index in [0.717, 1.165) is 12.0 Å². The molecule has 8 nitrogen and oxygen atoms in total. The molecule has 0 radical (unpaired) electrons. The van der Waals surface area contributed by atoms with Gasteiger partial charge in [-0.25, -0.2) is 13.2 Å². The third kappa shape index (κ3) is 4.53. The molecule has 0 N–H and O–H groups in total. The molecule has 0 unspecified atom stereocenters. The van der Waals surface area contributed by atoms with Gasteiger partial charge in [0.15, 0.2) is 12.7 Å². The minimum Gasteiger partial charge on any atom is -0.454 e. The van der Waals surface area contributed by atoms with Crippen molar-refractivity contribution in [3.05, 3.63) is 29.3 Å². The van der Waals surface area contributed by atoms with E-state index >= 15 is 0 Å². The van der Waals surface area contributed by atoms with Crippen molar-refractivity contribution in [2.75, 3.05) is 39.4 Å². The van der Waals surface area contributed by atoms with Gasteiger partial charge in [0.25, 0.3) is 5.91 Å². The minimum atomic E-state index is -3.60. The van der Waals surface area contributed by atoms with Gasteiger partial charge >= 0.3 is 5.97 Å². The van der Waals surface area contributed by atoms with Crippen LogP contribution in [0.1, 0.15) is 24.0 Å². The van der Waals surface area contributed by atoms with Crippen molar-refractivity contribution in [2.45, 2.75) is 37.7 Å². The lowest BCUT2D eigenvalue weighted by Crippen LogP contribution is -2.51. The molecule has 1 atom stereocenters. The van der Waals surface area contributed by atoms with Gasteiger partial charge in [0.2, 0.25) is 10.0 Å². The van der Waals surface area contributed by atoms with Gasteiger partial charge in [-0.15, -0.1) is 0 Å². The Labute approximate surface area is 165 Å². The van der Waals surface area contributed by atoms with Gasteiger partial charge in [-0.2, -0.15) is 4.31 Å². The van der Waals surface area contributed by atoms with Gasteiger partial charge in [-0.1, -0.05) is 17.7 Å². The first-order valence-corrected chi connectivity index (χ1v) is 10.9. The van der Waals surface area contributed by atoms with Crippen LogP contribution in [0.3, 0.4) is 0 Å². The fraction of sp³-hybridized carbons (Fsp3) is 0.579. The number of benzene rings is 1. The number of piperazine rings is 1. The Balaban J connectivity index is 1.53. The summed E-state index contributed by atoms with van der Waals surface area (Å²) in [6, 6.07) is 5.25. The molecule has 0 aliphatic carbocycles. The maximum atomic E-state index is 12.9. The Bertz CT molecular complexity index is 840. The SMILES string of the molecule is Cc1ccc(S(=O)(=O)N2CCN(C(=O)COC(=O)[C@H]3CCCO3)CC2)c(C)c1. The highest BCUT2D eigenvalue weighted by molar-refractivity contribution is 7.89. The van der Waals surface area contributed by atoms with E-state index in [-0.39, 0.29) is 38.7 Å². The summed E-state index contributed by atoms with van der Waals surface area (Å²) in [5, 5.41) is 0. The zero-order chi connectivity index (χ0) is 20.3. The number of esters is 1. The van der Waals surface area contributed by atoms with Crippen molar-refractivity contribution in [1.29, 1.82) is 0 Å². The first-order chi connectivity index (χ1) is 13.3. The Kier molecular flexibility index (Phi) is 6.36. The number of amides is 1. The second-order valence-corrected chi connectivity index (χ2v) is 9.07. The summed E-state index contributed by atoms with van der Waals surface area (Å²) in [5.74, 6) is -0.836. The molecule has 0 bridgehead atoms.